The highest BCUT2D eigenvalue weighted by atomic mass is 19.1. The first-order valence-electron chi connectivity index (χ1n) is 35.1. The van der Waals surface area contributed by atoms with Gasteiger partial charge in [0.2, 0.25) is 65.0 Å². The molecule has 0 saturated carbocycles. The normalized spacial score (nSPS) is 24.9. The van der Waals surface area contributed by atoms with E-state index in [0.29, 0.717) is 69.5 Å². The SMILES string of the molecule is COc1ccc(C[C@H]2NC(=O)[C@H]([C@H](C)O)NC(=O)[C@@H]3C[C@H](F)CN3C(=O)[C@@H](Cc3c[nH]c4ccc(F)cc34)NC(=O)[C@@H](Cc3c[nH]c4ccc(F)cc34)NC(=O)[C@@H](C)NC(=O)[C@H](CCCCN)NC(=O)[C@H](NC(C)=O)CCc3cn(nn3)-c3ccc(cc3)C[C@@H](C(N)=O)NC(=O)[C@]3(C)CCCN3C2=O)cc1. The summed E-state index contributed by atoms with van der Waals surface area (Å²) in [7, 11) is 1.45. The monoisotopic (exact) mass is 1470 g/mol. The van der Waals surface area contributed by atoms with Crippen LogP contribution in [0, 0.1) is 11.6 Å². The number of nitrogens with two attached hydrogens (primary N) is 2. The lowest BCUT2D eigenvalue weighted by Crippen LogP contribution is -2.64. The van der Waals surface area contributed by atoms with Gasteiger partial charge < -0.3 is 83.6 Å². The molecule has 11 amide bonds. The van der Waals surface area contributed by atoms with Gasteiger partial charge in [-0.3, -0.25) is 52.7 Å². The molecular formula is C73H88F3N17O13. The largest absolute Gasteiger partial charge is 0.497 e. The number of unbranched alkanes of at least 4 members (excludes halogenated alkanes) is 1. The van der Waals surface area contributed by atoms with Crippen LogP contribution in [0.15, 0.2) is 104 Å². The van der Waals surface area contributed by atoms with Crippen molar-refractivity contribution in [3.8, 4) is 11.4 Å². The predicted molar refractivity (Wildman–Crippen MR) is 379 cm³/mol. The lowest BCUT2D eigenvalue weighted by atomic mass is 9.94. The van der Waals surface area contributed by atoms with Crippen molar-refractivity contribution in [2.45, 2.75) is 177 Å². The number of fused-ring (bicyclic) bond motifs is 28. The topological polar surface area (TPSA) is 434 Å². The number of primary amides is 1. The van der Waals surface area contributed by atoms with E-state index < -0.39 is 175 Å². The second-order valence-corrected chi connectivity index (χ2v) is 27.4. The molecule has 106 heavy (non-hydrogen) atoms. The van der Waals surface area contributed by atoms with Crippen molar-refractivity contribution >= 4 is 86.8 Å². The van der Waals surface area contributed by atoms with E-state index in [1.807, 2.05) is 0 Å². The quantitative estimate of drug-likeness (QED) is 0.0533. The number of aromatic amines is 2. The molecule has 0 unspecified atom stereocenters. The summed E-state index contributed by atoms with van der Waals surface area (Å²) in [4.78, 5) is 168. The highest BCUT2D eigenvalue weighted by molar-refractivity contribution is 6.01. The zero-order valence-corrected chi connectivity index (χ0v) is 59.1. The van der Waals surface area contributed by atoms with Gasteiger partial charge in [-0.05, 0) is 155 Å². The first-order valence-corrected chi connectivity index (χ1v) is 35.1. The number of ether oxygens (including phenoxy) is 1. The van der Waals surface area contributed by atoms with Gasteiger partial charge >= 0.3 is 0 Å². The van der Waals surface area contributed by atoms with Crippen molar-refractivity contribution in [2.24, 2.45) is 11.5 Å². The van der Waals surface area contributed by atoms with E-state index in [4.69, 9.17) is 16.2 Å². The molecule has 3 aromatic heterocycles. The van der Waals surface area contributed by atoms with E-state index in [1.54, 1.807) is 54.7 Å². The van der Waals surface area contributed by atoms with Crippen LogP contribution in [-0.4, -0.2) is 204 Å². The number of H-pyrrole nitrogens is 2. The fourth-order valence-corrected chi connectivity index (χ4v) is 13.7. The lowest BCUT2D eigenvalue weighted by Gasteiger charge is -2.37. The molecule has 4 aromatic carbocycles. The Labute approximate surface area is 607 Å². The van der Waals surface area contributed by atoms with Crippen molar-refractivity contribution in [1.29, 1.82) is 0 Å². The maximum absolute atomic E-state index is 16.2. The molecule has 15 N–H and O–H groups in total. The van der Waals surface area contributed by atoms with Crippen LogP contribution in [0.5, 0.6) is 5.75 Å². The van der Waals surface area contributed by atoms with Gasteiger partial charge in [-0.15, -0.1) is 5.10 Å². The fourth-order valence-electron chi connectivity index (χ4n) is 13.7. The lowest BCUT2D eigenvalue weighted by molar-refractivity contribution is -0.147. The van der Waals surface area contributed by atoms with E-state index >= 15 is 23.2 Å². The number of hydrogen-bond donors (Lipinski definition) is 13. The minimum atomic E-state index is -1.92. The van der Waals surface area contributed by atoms with Crippen LogP contribution in [0.25, 0.3) is 27.5 Å². The number of alkyl halides is 1. The molecule has 7 aromatic rings. The predicted octanol–water partition coefficient (Wildman–Crippen LogP) is 0.967. The van der Waals surface area contributed by atoms with Crippen LogP contribution in [0.3, 0.4) is 0 Å². The van der Waals surface area contributed by atoms with Crippen LogP contribution >= 0.6 is 0 Å². The number of aromatic nitrogens is 5. The van der Waals surface area contributed by atoms with Crippen LogP contribution in [0.2, 0.25) is 0 Å². The number of aliphatic hydroxyl groups excluding tert-OH is 1. The standard InChI is InChI=1S/C73H88F3N17O13/c1-38-64(97)84-58(29-43-34-79-53-21-14-45(74)31-51(43)53)67(100)85-60(30-44-35-80-54-22-15-46(75)32-52(44)54)70(103)91-36-47(76)33-61(91)68(101)88-62(39(2)94)69(102)86-59(28-42-12-19-50(106-5)20-13-42)71(104)92-26-8-24-73(92,4)72(105)87-57(63(78)96)27-41-10-17-49(18-11-41)93-37-48(89-90-93)16-23-56(82-40(3)95)66(99)83-55(65(98)81-38)9-6-7-25-77/h10-15,17-22,31-32,34-35,37-39,47,55-62,79-80,94H,6-9,16,23-30,33,36,77H2,1-5H3,(H2,78,96)(H,81,98)(H,82,95)(H,83,99)(H,84,97)(H,85,100)(H,86,102)(H,87,105)(H,88,101)/t38-,39+,47+,55+,56-,57+,58-,59-,60-,61+,62+,73+/m1/s1. The Morgan fingerprint density at radius 1 is 0.736 bits per heavy atom. The third-order valence-electron chi connectivity index (χ3n) is 19.6. The van der Waals surface area contributed by atoms with Crippen molar-refractivity contribution in [3.63, 3.8) is 0 Å². The molecule has 4 aliphatic rings. The number of aliphatic hydroxyl groups is 1. The average Bonchev–Trinajstić information content (AvgIpc) is 1.61. The summed E-state index contributed by atoms with van der Waals surface area (Å²) in [6.07, 6.45) is 0.152. The smallest absolute Gasteiger partial charge is 0.246 e. The van der Waals surface area contributed by atoms with Crippen LogP contribution in [0.4, 0.5) is 13.2 Å². The number of carbonyl (C=O) groups excluding carboxylic acids is 11. The zero-order valence-electron chi connectivity index (χ0n) is 59.1. The number of benzene rings is 4. The Morgan fingerprint density at radius 3 is 1.97 bits per heavy atom. The average molecular weight is 1470 g/mol. The van der Waals surface area contributed by atoms with Gasteiger partial charge in [0, 0.05) is 79.8 Å². The minimum absolute atomic E-state index is 0.00332. The maximum atomic E-state index is 16.2. The third-order valence-corrected chi connectivity index (χ3v) is 19.6. The van der Waals surface area contributed by atoms with Gasteiger partial charge in [-0.2, -0.15) is 0 Å². The van der Waals surface area contributed by atoms with E-state index in [9.17, 15) is 47.9 Å². The molecule has 0 spiro atoms. The first-order chi connectivity index (χ1) is 50.6. The van der Waals surface area contributed by atoms with Crippen molar-refractivity contribution in [2.75, 3.05) is 26.7 Å². The van der Waals surface area contributed by atoms with Crippen LogP contribution in [0.1, 0.15) is 101 Å². The second kappa shape index (κ2) is 34.1. The van der Waals surface area contributed by atoms with Crippen LogP contribution < -0.4 is 58.7 Å². The van der Waals surface area contributed by atoms with E-state index in [-0.39, 0.29) is 62.6 Å². The Bertz CT molecular complexity index is 4420. The fraction of sp³-hybridized carbons (Fsp3) is 0.438. The number of nitrogens with one attached hydrogen (secondary N) is 10. The van der Waals surface area contributed by atoms with Crippen molar-refractivity contribution in [3.05, 3.63) is 143 Å². The Kier molecular flexibility index (Phi) is 24.9. The van der Waals surface area contributed by atoms with E-state index in [0.717, 1.165) is 11.8 Å². The zero-order chi connectivity index (χ0) is 76.3. The summed E-state index contributed by atoms with van der Waals surface area (Å²) in [5, 5.41) is 41.6. The number of rotatable bonds is 14. The number of aryl methyl sites for hydroxylation is 1. The number of methoxy groups -OCH3 is 1. The number of halogens is 3. The van der Waals surface area contributed by atoms with Gasteiger partial charge in [0.1, 0.15) is 83.5 Å². The van der Waals surface area contributed by atoms with E-state index in [2.05, 4.69) is 62.8 Å². The first kappa shape index (κ1) is 77.4. The summed E-state index contributed by atoms with van der Waals surface area (Å²) in [6.45, 7) is 4.64. The van der Waals surface area contributed by atoms with Gasteiger partial charge in [-0.1, -0.05) is 29.5 Å². The number of nitrogens with zero attached hydrogens (tertiary/aromatic N) is 5. The second-order valence-electron chi connectivity index (χ2n) is 27.4. The summed E-state index contributed by atoms with van der Waals surface area (Å²) in [5.74, 6) is -10.9. The highest BCUT2D eigenvalue weighted by Gasteiger charge is 2.50. The molecule has 30 nitrogen and oxygen atoms in total. The molecule has 0 radical (unpaired) electrons. The molecule has 4 bridgehead atoms. The van der Waals surface area contributed by atoms with Crippen molar-refractivity contribution < 1.29 is 75.8 Å². The molecular weight excluding hydrogens is 1380 g/mol. The molecule has 7 heterocycles. The molecule has 2 saturated heterocycles. The van der Waals surface area contributed by atoms with Gasteiger partial charge in [0.25, 0.3) is 0 Å². The van der Waals surface area contributed by atoms with E-state index in [1.165, 1.54) is 86.3 Å². The van der Waals surface area contributed by atoms with Gasteiger partial charge in [-0.25, -0.2) is 17.9 Å². The summed E-state index contributed by atoms with van der Waals surface area (Å²) in [6, 6.07) is 6.77. The third kappa shape index (κ3) is 18.6. The molecule has 12 atom stereocenters. The number of amides is 11. The Balaban J connectivity index is 1.01. The summed E-state index contributed by atoms with van der Waals surface area (Å²) >= 11 is 0. The molecule has 4 aliphatic heterocycles. The number of carbonyl (C=O) groups is 11. The summed E-state index contributed by atoms with van der Waals surface area (Å²) < 4.78 is 53.1. The molecule has 564 valence electrons. The highest BCUT2D eigenvalue weighted by Crippen LogP contribution is 2.32. The Hall–Kier alpha value is -11.2. The Morgan fingerprint density at radius 2 is 1.35 bits per heavy atom. The van der Waals surface area contributed by atoms with Crippen molar-refractivity contribution in [1.82, 2.24) is 77.3 Å². The van der Waals surface area contributed by atoms with Gasteiger partial charge in [0.15, 0.2) is 0 Å². The molecule has 11 rings (SSSR count). The van der Waals surface area contributed by atoms with Gasteiger partial charge in [0.05, 0.1) is 37.3 Å². The molecule has 2 fully saturated rings. The number of hydrogen-bond acceptors (Lipinski definition) is 16. The maximum Gasteiger partial charge on any atom is 0.246 e. The van der Waals surface area contributed by atoms with Crippen LogP contribution in [-0.2, 0) is 84.8 Å². The molecule has 33 heteroatoms. The molecule has 0 aliphatic carbocycles. The minimum Gasteiger partial charge on any atom is -0.497 e. The summed E-state index contributed by atoms with van der Waals surface area (Å²) in [5.41, 5.74) is 13.4.